The highest BCUT2D eigenvalue weighted by Crippen LogP contribution is 2.38. The molecule has 0 atom stereocenters. The molecule has 3 heterocycles. The molecule has 0 aliphatic carbocycles. The topological polar surface area (TPSA) is 76.5 Å². The van der Waals surface area contributed by atoms with Crippen LogP contribution in [0.5, 0.6) is 0 Å². The predicted molar refractivity (Wildman–Crippen MR) is 125 cm³/mol. The smallest absolute Gasteiger partial charge is 0.341 e. The zero-order valence-electron chi connectivity index (χ0n) is 18.6. The van der Waals surface area contributed by atoms with Crippen LogP contribution in [0.15, 0.2) is 42.6 Å². The molecule has 0 fully saturated rings. The molecule has 0 spiro atoms. The molecule has 0 bridgehead atoms. The number of anilines is 1. The molecule has 32 heavy (non-hydrogen) atoms. The van der Waals surface area contributed by atoms with Crippen LogP contribution in [-0.2, 0) is 24.2 Å². The van der Waals surface area contributed by atoms with E-state index in [1.807, 2.05) is 32.0 Å². The number of esters is 1. The number of nitrogens with zero attached hydrogens (tertiary/aromatic N) is 3. The van der Waals surface area contributed by atoms with Gasteiger partial charge in [0, 0.05) is 36.8 Å². The van der Waals surface area contributed by atoms with Crippen molar-refractivity contribution in [2.75, 3.05) is 18.5 Å². The summed E-state index contributed by atoms with van der Waals surface area (Å²) in [7, 11) is 0. The molecule has 3 aromatic rings. The van der Waals surface area contributed by atoms with Crippen LogP contribution in [0.4, 0.5) is 5.00 Å². The number of carbonyl (C=O) groups excluding carboxylic acids is 2. The van der Waals surface area contributed by atoms with E-state index >= 15 is 0 Å². The average Bonchev–Trinajstić information content (AvgIpc) is 3.39. The Morgan fingerprint density at radius 3 is 2.69 bits per heavy atom. The molecule has 0 unspecified atom stereocenters. The third-order valence-electron chi connectivity index (χ3n) is 5.46. The Kier molecular flexibility index (Phi) is 6.72. The van der Waals surface area contributed by atoms with Crippen molar-refractivity contribution >= 4 is 28.2 Å². The lowest BCUT2D eigenvalue weighted by Gasteiger charge is -2.27. The van der Waals surface area contributed by atoms with E-state index in [2.05, 4.69) is 27.4 Å². The Bertz CT molecular complexity index is 1100. The van der Waals surface area contributed by atoms with Crippen LogP contribution in [0.25, 0.3) is 0 Å². The first-order valence-electron chi connectivity index (χ1n) is 10.9. The van der Waals surface area contributed by atoms with Crippen LogP contribution in [0.1, 0.15) is 63.7 Å². The summed E-state index contributed by atoms with van der Waals surface area (Å²) in [5, 5.41) is 7.81. The first kappa shape index (κ1) is 22.2. The van der Waals surface area contributed by atoms with Crippen LogP contribution in [0.2, 0.25) is 0 Å². The van der Waals surface area contributed by atoms with Crippen molar-refractivity contribution in [1.29, 1.82) is 0 Å². The first-order chi connectivity index (χ1) is 15.5. The molecule has 8 heteroatoms. The summed E-state index contributed by atoms with van der Waals surface area (Å²) in [6, 6.07) is 12.2. The lowest BCUT2D eigenvalue weighted by molar-refractivity contribution is 0.0526. The van der Waals surface area contributed by atoms with Crippen LogP contribution < -0.4 is 5.32 Å². The van der Waals surface area contributed by atoms with Gasteiger partial charge in [-0.15, -0.1) is 11.3 Å². The van der Waals surface area contributed by atoms with Gasteiger partial charge >= 0.3 is 5.97 Å². The van der Waals surface area contributed by atoms with Crippen molar-refractivity contribution in [3.05, 3.63) is 69.9 Å². The lowest BCUT2D eigenvalue weighted by Crippen LogP contribution is -2.29. The molecule has 4 rings (SSSR count). The summed E-state index contributed by atoms with van der Waals surface area (Å²) >= 11 is 1.46. The van der Waals surface area contributed by atoms with Crippen molar-refractivity contribution in [3.8, 4) is 0 Å². The lowest BCUT2D eigenvalue weighted by atomic mass is 10.0. The summed E-state index contributed by atoms with van der Waals surface area (Å²) in [6.07, 6.45) is 2.53. The van der Waals surface area contributed by atoms with E-state index in [1.54, 1.807) is 23.9 Å². The van der Waals surface area contributed by atoms with Gasteiger partial charge in [0.25, 0.3) is 5.91 Å². The summed E-state index contributed by atoms with van der Waals surface area (Å²) < 4.78 is 7.06. The summed E-state index contributed by atoms with van der Waals surface area (Å²) in [4.78, 5) is 29.1. The molecule has 0 saturated heterocycles. The molecule has 1 N–H and O–H groups in total. The number of amides is 1. The second kappa shape index (κ2) is 9.67. The zero-order valence-corrected chi connectivity index (χ0v) is 19.4. The number of benzene rings is 1. The van der Waals surface area contributed by atoms with Gasteiger partial charge in [0.05, 0.1) is 12.2 Å². The van der Waals surface area contributed by atoms with Crippen LogP contribution >= 0.6 is 11.3 Å². The highest BCUT2D eigenvalue weighted by atomic mass is 32.1. The minimum Gasteiger partial charge on any atom is -0.462 e. The zero-order chi connectivity index (χ0) is 22.7. The van der Waals surface area contributed by atoms with Gasteiger partial charge in [-0.1, -0.05) is 30.3 Å². The van der Waals surface area contributed by atoms with E-state index in [0.29, 0.717) is 16.3 Å². The number of rotatable bonds is 7. The molecule has 1 aromatic carbocycles. The Morgan fingerprint density at radius 2 is 2.00 bits per heavy atom. The number of ether oxygens (including phenoxy) is 1. The van der Waals surface area contributed by atoms with E-state index in [4.69, 9.17) is 4.74 Å². The minimum absolute atomic E-state index is 0.163. The van der Waals surface area contributed by atoms with Gasteiger partial charge in [0.1, 0.15) is 5.00 Å². The van der Waals surface area contributed by atoms with Crippen molar-refractivity contribution < 1.29 is 14.3 Å². The van der Waals surface area contributed by atoms with Crippen LogP contribution in [0, 0.1) is 0 Å². The SMILES string of the molecule is CCOC(=O)c1c(NC(=O)c2ccn(C(C)C)n2)sc2c1CCN(Cc1ccccc1)C2. The molecule has 1 aliphatic rings. The Labute approximate surface area is 192 Å². The van der Waals surface area contributed by atoms with Gasteiger partial charge in [0.15, 0.2) is 5.69 Å². The maximum absolute atomic E-state index is 12.9. The average molecular weight is 453 g/mol. The number of hydrogen-bond acceptors (Lipinski definition) is 6. The molecule has 1 aliphatic heterocycles. The predicted octanol–water partition coefficient (Wildman–Crippen LogP) is 4.51. The number of hydrogen-bond donors (Lipinski definition) is 1. The molecule has 2 aromatic heterocycles. The second-order valence-electron chi connectivity index (χ2n) is 8.10. The normalized spacial score (nSPS) is 13.8. The highest BCUT2D eigenvalue weighted by Gasteiger charge is 2.30. The van der Waals surface area contributed by atoms with Gasteiger partial charge in [-0.3, -0.25) is 14.4 Å². The largest absolute Gasteiger partial charge is 0.462 e. The fourth-order valence-electron chi connectivity index (χ4n) is 3.85. The van der Waals surface area contributed by atoms with Crippen molar-refractivity contribution in [1.82, 2.24) is 14.7 Å². The van der Waals surface area contributed by atoms with Gasteiger partial charge in [0.2, 0.25) is 0 Å². The van der Waals surface area contributed by atoms with Gasteiger partial charge < -0.3 is 10.1 Å². The number of aromatic nitrogens is 2. The second-order valence-corrected chi connectivity index (χ2v) is 9.21. The molecule has 0 radical (unpaired) electrons. The summed E-state index contributed by atoms with van der Waals surface area (Å²) in [6.45, 7) is 8.51. The fraction of sp³-hybridized carbons (Fsp3) is 0.375. The molecule has 7 nitrogen and oxygen atoms in total. The standard InChI is InChI=1S/C24H28N4O3S/c1-4-31-24(30)21-18-10-12-27(14-17-8-6-5-7-9-17)15-20(18)32-23(21)25-22(29)19-11-13-28(26-19)16(2)3/h5-9,11,13,16H,4,10,12,14-15H2,1-3H3,(H,25,29). The minimum atomic E-state index is -0.385. The maximum atomic E-state index is 12.9. The molecular weight excluding hydrogens is 424 g/mol. The van der Waals surface area contributed by atoms with E-state index in [1.165, 1.54) is 16.9 Å². The fourth-order valence-corrected chi connectivity index (χ4v) is 5.13. The van der Waals surface area contributed by atoms with E-state index in [9.17, 15) is 9.59 Å². The number of carbonyl (C=O) groups is 2. The summed E-state index contributed by atoms with van der Waals surface area (Å²) in [5.74, 6) is -0.709. The van der Waals surface area contributed by atoms with E-state index in [0.717, 1.165) is 36.5 Å². The molecule has 168 valence electrons. The van der Waals surface area contributed by atoms with Gasteiger partial charge in [-0.05, 0) is 44.4 Å². The maximum Gasteiger partial charge on any atom is 0.341 e. The first-order valence-corrected chi connectivity index (χ1v) is 11.7. The molecule has 1 amide bonds. The van der Waals surface area contributed by atoms with Crippen LogP contribution in [-0.4, -0.2) is 39.7 Å². The molecule has 0 saturated carbocycles. The van der Waals surface area contributed by atoms with E-state index in [-0.39, 0.29) is 24.5 Å². The van der Waals surface area contributed by atoms with Crippen LogP contribution in [0.3, 0.4) is 0 Å². The number of fused-ring (bicyclic) bond motifs is 1. The Hall–Kier alpha value is -2.97. The highest BCUT2D eigenvalue weighted by molar-refractivity contribution is 7.17. The van der Waals surface area contributed by atoms with Crippen molar-refractivity contribution in [2.24, 2.45) is 0 Å². The Balaban J connectivity index is 1.58. The quantitative estimate of drug-likeness (QED) is 0.534. The van der Waals surface area contributed by atoms with Gasteiger partial charge in [-0.2, -0.15) is 5.10 Å². The van der Waals surface area contributed by atoms with E-state index < -0.39 is 0 Å². The number of thiophene rings is 1. The number of nitrogens with one attached hydrogen (secondary N) is 1. The third-order valence-corrected chi connectivity index (χ3v) is 6.59. The van der Waals surface area contributed by atoms with Crippen molar-refractivity contribution in [2.45, 2.75) is 46.3 Å². The summed E-state index contributed by atoms with van der Waals surface area (Å²) in [5.41, 5.74) is 3.06. The molecular formula is C24H28N4O3S. The van der Waals surface area contributed by atoms with Crippen molar-refractivity contribution in [3.63, 3.8) is 0 Å². The third kappa shape index (κ3) is 4.76. The Morgan fingerprint density at radius 1 is 1.22 bits per heavy atom. The van der Waals surface area contributed by atoms with Gasteiger partial charge in [-0.25, -0.2) is 4.79 Å². The monoisotopic (exact) mass is 452 g/mol.